The van der Waals surface area contributed by atoms with E-state index in [-0.39, 0.29) is 17.9 Å². The smallest absolute Gasteiger partial charge is 0.227 e. The SMILES string of the molecule is COc1ccc(C)cc1N1C(=O)CC(CN)C1C. The lowest BCUT2D eigenvalue weighted by molar-refractivity contribution is -0.117. The molecule has 1 aromatic carbocycles. The highest BCUT2D eigenvalue weighted by molar-refractivity contribution is 5.98. The van der Waals surface area contributed by atoms with Crippen molar-refractivity contribution in [3.05, 3.63) is 23.8 Å². The van der Waals surface area contributed by atoms with E-state index in [9.17, 15) is 4.79 Å². The molecule has 1 saturated heterocycles. The van der Waals surface area contributed by atoms with E-state index < -0.39 is 0 Å². The van der Waals surface area contributed by atoms with Gasteiger partial charge in [0, 0.05) is 18.4 Å². The molecular weight excluding hydrogens is 228 g/mol. The molecule has 4 nitrogen and oxygen atoms in total. The van der Waals surface area contributed by atoms with E-state index in [1.807, 2.05) is 36.9 Å². The summed E-state index contributed by atoms with van der Waals surface area (Å²) in [4.78, 5) is 14.0. The molecular formula is C14H20N2O2. The summed E-state index contributed by atoms with van der Waals surface area (Å²) in [5.41, 5.74) is 7.68. The number of ether oxygens (including phenoxy) is 1. The lowest BCUT2D eigenvalue weighted by Crippen LogP contribution is -2.35. The molecule has 1 aliphatic heterocycles. The Hall–Kier alpha value is -1.55. The molecule has 1 fully saturated rings. The molecule has 18 heavy (non-hydrogen) atoms. The van der Waals surface area contributed by atoms with Gasteiger partial charge in [0.25, 0.3) is 0 Å². The highest BCUT2D eigenvalue weighted by Gasteiger charge is 2.37. The first-order chi connectivity index (χ1) is 8.58. The van der Waals surface area contributed by atoms with Gasteiger partial charge in [0.1, 0.15) is 5.75 Å². The second-order valence-corrected chi connectivity index (χ2v) is 4.88. The highest BCUT2D eigenvalue weighted by Crippen LogP contribution is 2.36. The summed E-state index contributed by atoms with van der Waals surface area (Å²) < 4.78 is 5.35. The minimum atomic E-state index is 0.123. The van der Waals surface area contributed by atoms with Crippen LogP contribution in [0.4, 0.5) is 5.69 Å². The molecule has 0 spiro atoms. The van der Waals surface area contributed by atoms with Crippen LogP contribution < -0.4 is 15.4 Å². The van der Waals surface area contributed by atoms with Gasteiger partial charge in [-0.25, -0.2) is 0 Å². The zero-order valence-corrected chi connectivity index (χ0v) is 11.1. The molecule has 0 aliphatic carbocycles. The maximum absolute atomic E-state index is 12.1. The Bertz CT molecular complexity index is 459. The van der Waals surface area contributed by atoms with E-state index in [4.69, 9.17) is 10.5 Å². The number of amides is 1. The number of carbonyl (C=O) groups is 1. The molecule has 0 aromatic heterocycles. The Morgan fingerprint density at radius 3 is 2.78 bits per heavy atom. The fourth-order valence-electron chi connectivity index (χ4n) is 2.55. The van der Waals surface area contributed by atoms with Gasteiger partial charge in [-0.3, -0.25) is 4.79 Å². The van der Waals surface area contributed by atoms with Gasteiger partial charge in [-0.1, -0.05) is 6.07 Å². The van der Waals surface area contributed by atoms with Gasteiger partial charge in [-0.2, -0.15) is 0 Å². The number of hydrogen-bond acceptors (Lipinski definition) is 3. The Kier molecular flexibility index (Phi) is 3.57. The Morgan fingerprint density at radius 1 is 1.50 bits per heavy atom. The zero-order valence-electron chi connectivity index (χ0n) is 11.1. The van der Waals surface area contributed by atoms with Crippen LogP contribution in [0.15, 0.2) is 18.2 Å². The van der Waals surface area contributed by atoms with Crippen molar-refractivity contribution >= 4 is 11.6 Å². The predicted molar refractivity (Wildman–Crippen MR) is 71.8 cm³/mol. The number of benzene rings is 1. The van der Waals surface area contributed by atoms with E-state index in [1.54, 1.807) is 7.11 Å². The predicted octanol–water partition coefficient (Wildman–Crippen LogP) is 1.70. The first-order valence-corrected chi connectivity index (χ1v) is 6.25. The standard InChI is InChI=1S/C14H20N2O2/c1-9-4-5-13(18-3)12(6-9)16-10(2)11(8-15)7-14(16)17/h4-6,10-11H,7-8,15H2,1-3H3. The van der Waals surface area contributed by atoms with E-state index in [1.165, 1.54) is 0 Å². The van der Waals surface area contributed by atoms with Crippen molar-refractivity contribution in [1.29, 1.82) is 0 Å². The lowest BCUT2D eigenvalue weighted by atomic mass is 10.0. The maximum atomic E-state index is 12.1. The van der Waals surface area contributed by atoms with Crippen LogP contribution in [-0.4, -0.2) is 25.6 Å². The Morgan fingerprint density at radius 2 is 2.22 bits per heavy atom. The largest absolute Gasteiger partial charge is 0.495 e. The third-order valence-electron chi connectivity index (χ3n) is 3.69. The Balaban J connectivity index is 2.42. The lowest BCUT2D eigenvalue weighted by Gasteiger charge is -2.26. The quantitative estimate of drug-likeness (QED) is 0.886. The molecule has 98 valence electrons. The van der Waals surface area contributed by atoms with Crippen molar-refractivity contribution in [2.75, 3.05) is 18.6 Å². The van der Waals surface area contributed by atoms with Gasteiger partial charge in [0.2, 0.25) is 5.91 Å². The highest BCUT2D eigenvalue weighted by atomic mass is 16.5. The average molecular weight is 248 g/mol. The van der Waals surface area contributed by atoms with Crippen molar-refractivity contribution in [1.82, 2.24) is 0 Å². The van der Waals surface area contributed by atoms with Crippen molar-refractivity contribution in [2.45, 2.75) is 26.3 Å². The minimum absolute atomic E-state index is 0.123. The maximum Gasteiger partial charge on any atom is 0.227 e. The van der Waals surface area contributed by atoms with Crippen LogP contribution in [0.2, 0.25) is 0 Å². The molecule has 2 N–H and O–H groups in total. The monoisotopic (exact) mass is 248 g/mol. The zero-order chi connectivity index (χ0) is 13.3. The van der Waals surface area contributed by atoms with Gasteiger partial charge in [0.05, 0.1) is 12.8 Å². The molecule has 0 radical (unpaired) electrons. The van der Waals surface area contributed by atoms with Crippen LogP contribution >= 0.6 is 0 Å². The first-order valence-electron chi connectivity index (χ1n) is 6.25. The topological polar surface area (TPSA) is 55.6 Å². The summed E-state index contributed by atoms with van der Waals surface area (Å²) in [6, 6.07) is 6.00. The molecule has 1 aromatic rings. The van der Waals surface area contributed by atoms with E-state index in [0.29, 0.717) is 13.0 Å². The van der Waals surface area contributed by atoms with Crippen molar-refractivity contribution in [3.8, 4) is 5.75 Å². The number of methoxy groups -OCH3 is 1. The van der Waals surface area contributed by atoms with Crippen molar-refractivity contribution < 1.29 is 9.53 Å². The van der Waals surface area contributed by atoms with E-state index >= 15 is 0 Å². The fourth-order valence-corrected chi connectivity index (χ4v) is 2.55. The van der Waals surface area contributed by atoms with Gasteiger partial charge in [-0.15, -0.1) is 0 Å². The van der Waals surface area contributed by atoms with Gasteiger partial charge >= 0.3 is 0 Å². The van der Waals surface area contributed by atoms with Gasteiger partial charge < -0.3 is 15.4 Å². The minimum Gasteiger partial charge on any atom is -0.495 e. The van der Waals surface area contributed by atoms with Crippen LogP contribution in [-0.2, 0) is 4.79 Å². The Labute approximate surface area is 108 Å². The number of aryl methyl sites for hydroxylation is 1. The van der Waals surface area contributed by atoms with Gasteiger partial charge in [0.15, 0.2) is 0 Å². The second-order valence-electron chi connectivity index (χ2n) is 4.88. The summed E-state index contributed by atoms with van der Waals surface area (Å²) in [7, 11) is 1.62. The third-order valence-corrected chi connectivity index (χ3v) is 3.69. The summed E-state index contributed by atoms with van der Waals surface area (Å²) in [5, 5.41) is 0. The number of anilines is 1. The van der Waals surface area contributed by atoms with Crippen LogP contribution in [0, 0.1) is 12.8 Å². The number of rotatable bonds is 3. The molecule has 1 aliphatic rings. The normalized spacial score (nSPS) is 23.6. The molecule has 0 saturated carbocycles. The number of nitrogens with two attached hydrogens (primary N) is 1. The van der Waals surface area contributed by atoms with Crippen molar-refractivity contribution in [2.24, 2.45) is 11.7 Å². The first kappa shape index (κ1) is 12.9. The molecule has 4 heteroatoms. The fraction of sp³-hybridized carbons (Fsp3) is 0.500. The van der Waals surface area contributed by atoms with E-state index in [2.05, 4.69) is 0 Å². The molecule has 2 rings (SSSR count). The summed E-state index contributed by atoms with van der Waals surface area (Å²) in [5.74, 6) is 1.09. The van der Waals surface area contributed by atoms with Crippen LogP contribution in [0.25, 0.3) is 0 Å². The van der Waals surface area contributed by atoms with Crippen LogP contribution in [0.1, 0.15) is 18.9 Å². The van der Waals surface area contributed by atoms with Crippen LogP contribution in [0.5, 0.6) is 5.75 Å². The molecule has 2 unspecified atom stereocenters. The molecule has 2 atom stereocenters. The molecule has 1 heterocycles. The number of carbonyl (C=O) groups excluding carboxylic acids is 1. The third kappa shape index (κ3) is 2.08. The molecule has 0 bridgehead atoms. The summed E-state index contributed by atoms with van der Waals surface area (Å²) in [6.45, 7) is 4.59. The molecule has 1 amide bonds. The second kappa shape index (κ2) is 4.98. The average Bonchev–Trinajstić information content (AvgIpc) is 2.64. The summed E-state index contributed by atoms with van der Waals surface area (Å²) >= 11 is 0. The number of nitrogens with zero attached hydrogens (tertiary/aromatic N) is 1. The summed E-state index contributed by atoms with van der Waals surface area (Å²) in [6.07, 6.45) is 0.523. The van der Waals surface area contributed by atoms with Gasteiger partial charge in [-0.05, 0) is 38.1 Å². The van der Waals surface area contributed by atoms with Crippen LogP contribution in [0.3, 0.4) is 0 Å². The number of hydrogen-bond donors (Lipinski definition) is 1. The van der Waals surface area contributed by atoms with Crippen molar-refractivity contribution in [3.63, 3.8) is 0 Å². The van der Waals surface area contributed by atoms with E-state index in [0.717, 1.165) is 17.0 Å².